The molecule has 17 heavy (non-hydrogen) atoms. The Kier molecular flexibility index (Phi) is 4.85. The van der Waals surface area contributed by atoms with Gasteiger partial charge in [0.1, 0.15) is 0 Å². The molecule has 0 radical (unpaired) electrons. The molecular weight excluding hydrogens is 257 g/mol. The molecule has 4 heteroatoms. The second kappa shape index (κ2) is 5.57. The van der Waals surface area contributed by atoms with Gasteiger partial charge in [0, 0.05) is 11.6 Å². The third-order valence-electron chi connectivity index (χ3n) is 2.93. The second-order valence-corrected chi connectivity index (χ2v) is 6.15. The van der Waals surface area contributed by atoms with Gasteiger partial charge in [0.05, 0.1) is 16.1 Å². The van der Waals surface area contributed by atoms with E-state index in [1.807, 2.05) is 20.8 Å². The van der Waals surface area contributed by atoms with Crippen molar-refractivity contribution in [3.63, 3.8) is 0 Å². The van der Waals surface area contributed by atoms with Crippen molar-refractivity contribution >= 4 is 23.2 Å². The molecule has 0 aliphatic carbocycles. The number of hydrogen-bond acceptors (Lipinski definition) is 2. The van der Waals surface area contributed by atoms with Gasteiger partial charge < -0.3 is 10.8 Å². The van der Waals surface area contributed by atoms with Crippen LogP contribution in [0.25, 0.3) is 0 Å². The van der Waals surface area contributed by atoms with Crippen LogP contribution in [0.4, 0.5) is 0 Å². The van der Waals surface area contributed by atoms with Gasteiger partial charge in [-0.05, 0) is 17.9 Å². The Morgan fingerprint density at radius 1 is 1.29 bits per heavy atom. The maximum absolute atomic E-state index is 10.1. The van der Waals surface area contributed by atoms with Crippen LogP contribution < -0.4 is 5.73 Å². The van der Waals surface area contributed by atoms with Gasteiger partial charge in [-0.15, -0.1) is 0 Å². The van der Waals surface area contributed by atoms with Crippen LogP contribution in [0.5, 0.6) is 0 Å². The van der Waals surface area contributed by atoms with Crippen LogP contribution in [0.1, 0.15) is 38.9 Å². The molecule has 0 amide bonds. The lowest BCUT2D eigenvalue weighted by Crippen LogP contribution is -2.36. The van der Waals surface area contributed by atoms with Gasteiger partial charge in [0.25, 0.3) is 0 Å². The zero-order valence-electron chi connectivity index (χ0n) is 10.4. The first kappa shape index (κ1) is 14.8. The highest BCUT2D eigenvalue weighted by atomic mass is 35.5. The monoisotopic (exact) mass is 275 g/mol. The maximum Gasteiger partial charge on any atom is 0.0819 e. The molecule has 1 aromatic rings. The highest BCUT2D eigenvalue weighted by Gasteiger charge is 2.25. The van der Waals surface area contributed by atoms with Crippen LogP contribution in [0.2, 0.25) is 10.0 Å². The minimum Gasteiger partial charge on any atom is -0.388 e. The van der Waals surface area contributed by atoms with Gasteiger partial charge in [-0.3, -0.25) is 0 Å². The molecule has 2 atom stereocenters. The summed E-state index contributed by atoms with van der Waals surface area (Å²) < 4.78 is 0. The van der Waals surface area contributed by atoms with Gasteiger partial charge in [0.2, 0.25) is 0 Å². The summed E-state index contributed by atoms with van der Waals surface area (Å²) in [6, 6.07) is 5.14. The molecule has 0 fully saturated rings. The number of aliphatic hydroxyl groups is 1. The molecular formula is C13H19Cl2NO. The molecule has 0 aliphatic rings. The maximum atomic E-state index is 10.1. The number of hydrogen-bond donors (Lipinski definition) is 2. The van der Waals surface area contributed by atoms with E-state index in [4.69, 9.17) is 28.9 Å². The van der Waals surface area contributed by atoms with Gasteiger partial charge in [-0.25, -0.2) is 0 Å². The van der Waals surface area contributed by atoms with E-state index in [1.54, 1.807) is 18.2 Å². The van der Waals surface area contributed by atoms with Crippen LogP contribution >= 0.6 is 23.2 Å². The smallest absolute Gasteiger partial charge is 0.0819 e. The molecule has 3 N–H and O–H groups in total. The number of rotatable bonds is 3. The molecule has 0 heterocycles. The summed E-state index contributed by atoms with van der Waals surface area (Å²) in [6.07, 6.45) is -0.223. The normalized spacial score (nSPS) is 15.7. The van der Waals surface area contributed by atoms with Crippen molar-refractivity contribution < 1.29 is 5.11 Å². The van der Waals surface area contributed by atoms with E-state index in [2.05, 4.69) is 0 Å². The molecule has 1 rings (SSSR count). The largest absolute Gasteiger partial charge is 0.388 e. The van der Waals surface area contributed by atoms with Gasteiger partial charge in [-0.2, -0.15) is 0 Å². The molecule has 0 spiro atoms. The van der Waals surface area contributed by atoms with Crippen molar-refractivity contribution in [2.45, 2.75) is 39.3 Å². The molecule has 0 aliphatic heterocycles. The van der Waals surface area contributed by atoms with E-state index in [0.717, 1.165) is 0 Å². The summed E-state index contributed by atoms with van der Waals surface area (Å²) in [5.41, 5.74) is 6.63. The molecule has 96 valence electrons. The molecule has 0 saturated heterocycles. The first-order valence-electron chi connectivity index (χ1n) is 5.61. The summed E-state index contributed by atoms with van der Waals surface area (Å²) in [5.74, 6) is 0. The van der Waals surface area contributed by atoms with Crippen LogP contribution in [0, 0.1) is 5.41 Å². The summed E-state index contributed by atoms with van der Waals surface area (Å²) >= 11 is 12.0. The van der Waals surface area contributed by atoms with Crippen LogP contribution in [-0.4, -0.2) is 11.1 Å². The third-order valence-corrected chi connectivity index (χ3v) is 3.76. The first-order chi connectivity index (χ1) is 7.73. The summed E-state index contributed by atoms with van der Waals surface area (Å²) in [4.78, 5) is 0. The molecule has 0 saturated carbocycles. The van der Waals surface area contributed by atoms with Crippen LogP contribution in [-0.2, 0) is 0 Å². The Hall–Kier alpha value is -0.280. The fourth-order valence-corrected chi connectivity index (χ4v) is 1.93. The average molecular weight is 276 g/mol. The Bertz CT molecular complexity index is 387. The molecule has 1 aromatic carbocycles. The summed E-state index contributed by atoms with van der Waals surface area (Å²) in [6.45, 7) is 6.14. The highest BCUT2D eigenvalue weighted by molar-refractivity contribution is 6.42. The number of aliphatic hydroxyl groups excluding tert-OH is 1. The number of nitrogens with two attached hydrogens (primary N) is 1. The average Bonchev–Trinajstić information content (AvgIpc) is 2.20. The Labute approximate surface area is 113 Å². The van der Waals surface area contributed by atoms with Crippen molar-refractivity contribution in [2.24, 2.45) is 11.1 Å². The van der Waals surface area contributed by atoms with Gasteiger partial charge in [0.15, 0.2) is 0 Å². The number of benzene rings is 1. The zero-order valence-corrected chi connectivity index (χ0v) is 11.9. The predicted octanol–water partition coefficient (Wildman–Crippen LogP) is 3.79. The van der Waals surface area contributed by atoms with Crippen LogP contribution in [0.15, 0.2) is 18.2 Å². The van der Waals surface area contributed by atoms with E-state index in [0.29, 0.717) is 22.0 Å². The number of halogens is 2. The minimum absolute atomic E-state index is 0.0496. The van der Waals surface area contributed by atoms with Crippen molar-refractivity contribution in [3.8, 4) is 0 Å². The van der Waals surface area contributed by atoms with E-state index < -0.39 is 6.10 Å². The van der Waals surface area contributed by atoms with Crippen molar-refractivity contribution in [2.75, 3.05) is 0 Å². The lowest BCUT2D eigenvalue weighted by molar-refractivity contribution is 0.133. The van der Waals surface area contributed by atoms with Gasteiger partial charge >= 0.3 is 0 Å². The van der Waals surface area contributed by atoms with Crippen molar-refractivity contribution in [3.05, 3.63) is 33.8 Å². The molecule has 0 aromatic heterocycles. The van der Waals surface area contributed by atoms with E-state index >= 15 is 0 Å². The van der Waals surface area contributed by atoms with E-state index in [1.165, 1.54) is 0 Å². The lowest BCUT2D eigenvalue weighted by Gasteiger charge is -2.29. The SMILES string of the molecule is CC(C)(C)[C@@H](N)C[C@H](O)c1cccc(Cl)c1Cl. The van der Waals surface area contributed by atoms with E-state index in [9.17, 15) is 5.11 Å². The Balaban J connectivity index is 2.84. The molecule has 0 unspecified atom stereocenters. The molecule has 2 nitrogen and oxygen atoms in total. The predicted molar refractivity (Wildman–Crippen MR) is 73.5 cm³/mol. The summed E-state index contributed by atoms with van der Waals surface area (Å²) in [5, 5.41) is 11.0. The summed E-state index contributed by atoms with van der Waals surface area (Å²) in [7, 11) is 0. The third kappa shape index (κ3) is 3.85. The Morgan fingerprint density at radius 3 is 2.41 bits per heavy atom. The first-order valence-corrected chi connectivity index (χ1v) is 6.36. The highest BCUT2D eigenvalue weighted by Crippen LogP contribution is 2.33. The van der Waals surface area contributed by atoms with Crippen molar-refractivity contribution in [1.29, 1.82) is 0 Å². The van der Waals surface area contributed by atoms with Crippen molar-refractivity contribution in [1.82, 2.24) is 0 Å². The van der Waals surface area contributed by atoms with Crippen LogP contribution in [0.3, 0.4) is 0 Å². The minimum atomic E-state index is -0.685. The topological polar surface area (TPSA) is 46.2 Å². The second-order valence-electron chi connectivity index (χ2n) is 5.37. The van der Waals surface area contributed by atoms with E-state index in [-0.39, 0.29) is 11.5 Å². The quantitative estimate of drug-likeness (QED) is 0.882. The standard InChI is InChI=1S/C13H19Cl2NO/c1-13(2,3)11(16)7-10(17)8-5-4-6-9(14)12(8)15/h4-6,10-11,17H,7,16H2,1-3H3/t10-,11-/m0/s1. The Morgan fingerprint density at radius 2 is 1.88 bits per heavy atom. The zero-order chi connectivity index (χ0) is 13.2. The fraction of sp³-hybridized carbons (Fsp3) is 0.538. The fourth-order valence-electron chi connectivity index (χ4n) is 1.50. The molecule has 0 bridgehead atoms. The lowest BCUT2D eigenvalue weighted by atomic mass is 9.83. The van der Waals surface area contributed by atoms with Gasteiger partial charge in [-0.1, -0.05) is 56.1 Å².